The standard InChI is InChI=1S/C10H19Br/c1-5-6-7-10(4,8-11)9(2)3/h5,9H,1,6-8H2,2-4H3. The van der Waals surface area contributed by atoms with Gasteiger partial charge >= 0.3 is 0 Å². The smallest absolute Gasteiger partial charge is 0.00878 e. The van der Waals surface area contributed by atoms with E-state index in [9.17, 15) is 0 Å². The minimum absolute atomic E-state index is 0.439. The highest BCUT2D eigenvalue weighted by Crippen LogP contribution is 2.34. The number of hydrogen-bond donors (Lipinski definition) is 0. The Kier molecular flexibility index (Phi) is 5.07. The molecule has 0 amide bonds. The molecule has 66 valence electrons. The fourth-order valence-corrected chi connectivity index (χ4v) is 1.87. The van der Waals surface area contributed by atoms with Gasteiger partial charge in [0, 0.05) is 5.33 Å². The van der Waals surface area contributed by atoms with Gasteiger partial charge in [0.2, 0.25) is 0 Å². The predicted molar refractivity (Wildman–Crippen MR) is 56.2 cm³/mol. The van der Waals surface area contributed by atoms with Gasteiger partial charge in [-0.2, -0.15) is 0 Å². The van der Waals surface area contributed by atoms with E-state index in [1.807, 2.05) is 6.08 Å². The van der Waals surface area contributed by atoms with E-state index in [0.717, 1.165) is 17.7 Å². The van der Waals surface area contributed by atoms with Crippen LogP contribution in [0.3, 0.4) is 0 Å². The Morgan fingerprint density at radius 2 is 2.09 bits per heavy atom. The topological polar surface area (TPSA) is 0 Å². The van der Waals surface area contributed by atoms with E-state index in [1.54, 1.807) is 0 Å². The summed E-state index contributed by atoms with van der Waals surface area (Å²) in [6, 6.07) is 0. The molecule has 0 fully saturated rings. The van der Waals surface area contributed by atoms with E-state index in [4.69, 9.17) is 0 Å². The molecular weight excluding hydrogens is 200 g/mol. The lowest BCUT2D eigenvalue weighted by Gasteiger charge is -2.31. The maximum absolute atomic E-state index is 3.74. The first-order valence-corrected chi connectivity index (χ1v) is 5.36. The summed E-state index contributed by atoms with van der Waals surface area (Å²) in [5.41, 5.74) is 0.439. The van der Waals surface area contributed by atoms with Crippen molar-refractivity contribution in [1.29, 1.82) is 0 Å². The molecule has 0 N–H and O–H groups in total. The zero-order chi connectivity index (χ0) is 8.91. The molecule has 0 aromatic carbocycles. The molecule has 11 heavy (non-hydrogen) atoms. The molecule has 0 aromatic heterocycles. The SMILES string of the molecule is C=CCCC(C)(CBr)C(C)C. The highest BCUT2D eigenvalue weighted by atomic mass is 79.9. The van der Waals surface area contributed by atoms with Gasteiger partial charge in [0.15, 0.2) is 0 Å². The molecule has 0 spiro atoms. The van der Waals surface area contributed by atoms with Crippen molar-refractivity contribution in [3.05, 3.63) is 12.7 Å². The van der Waals surface area contributed by atoms with Gasteiger partial charge in [-0.05, 0) is 24.2 Å². The van der Waals surface area contributed by atoms with Gasteiger partial charge in [-0.1, -0.05) is 42.8 Å². The summed E-state index contributed by atoms with van der Waals surface area (Å²) in [5, 5.41) is 1.09. The molecule has 1 atom stereocenters. The molecular formula is C10H19Br. The highest BCUT2D eigenvalue weighted by molar-refractivity contribution is 9.09. The summed E-state index contributed by atoms with van der Waals surface area (Å²) in [6.07, 6.45) is 4.36. The summed E-state index contributed by atoms with van der Waals surface area (Å²) in [7, 11) is 0. The lowest BCUT2D eigenvalue weighted by molar-refractivity contribution is 0.241. The largest absolute Gasteiger partial charge is 0.103 e. The quantitative estimate of drug-likeness (QED) is 0.484. The van der Waals surface area contributed by atoms with Crippen LogP contribution in [0, 0.1) is 11.3 Å². The van der Waals surface area contributed by atoms with Crippen molar-refractivity contribution in [3.63, 3.8) is 0 Å². The van der Waals surface area contributed by atoms with Crippen LogP contribution in [-0.2, 0) is 0 Å². The molecule has 0 aliphatic carbocycles. The average molecular weight is 219 g/mol. The molecule has 0 saturated carbocycles. The van der Waals surface area contributed by atoms with Crippen molar-refractivity contribution in [2.75, 3.05) is 5.33 Å². The van der Waals surface area contributed by atoms with Gasteiger partial charge in [-0.25, -0.2) is 0 Å². The molecule has 1 heteroatoms. The first kappa shape index (κ1) is 11.2. The molecule has 0 aliphatic rings. The van der Waals surface area contributed by atoms with E-state index in [1.165, 1.54) is 6.42 Å². The maximum Gasteiger partial charge on any atom is 0.00878 e. The van der Waals surface area contributed by atoms with Crippen molar-refractivity contribution in [2.24, 2.45) is 11.3 Å². The minimum Gasteiger partial charge on any atom is -0.103 e. The summed E-state index contributed by atoms with van der Waals surface area (Å²) in [4.78, 5) is 0. The zero-order valence-electron chi connectivity index (χ0n) is 7.86. The van der Waals surface area contributed by atoms with E-state index in [-0.39, 0.29) is 0 Å². The van der Waals surface area contributed by atoms with Crippen LogP contribution in [0.5, 0.6) is 0 Å². The van der Waals surface area contributed by atoms with Crippen molar-refractivity contribution < 1.29 is 0 Å². The maximum atomic E-state index is 3.74. The van der Waals surface area contributed by atoms with Crippen LogP contribution in [0.25, 0.3) is 0 Å². The van der Waals surface area contributed by atoms with Gasteiger partial charge in [-0.3, -0.25) is 0 Å². The number of allylic oxidation sites excluding steroid dienone is 1. The molecule has 0 heterocycles. The lowest BCUT2D eigenvalue weighted by atomic mass is 9.77. The Labute approximate surface area is 79.2 Å². The number of rotatable bonds is 5. The van der Waals surface area contributed by atoms with Crippen molar-refractivity contribution in [2.45, 2.75) is 33.6 Å². The molecule has 0 aliphatic heterocycles. The van der Waals surface area contributed by atoms with Crippen molar-refractivity contribution in [1.82, 2.24) is 0 Å². The van der Waals surface area contributed by atoms with E-state index >= 15 is 0 Å². The number of hydrogen-bond acceptors (Lipinski definition) is 0. The minimum atomic E-state index is 0.439. The molecule has 0 nitrogen and oxygen atoms in total. The average Bonchev–Trinajstić information content (AvgIpc) is 2.00. The van der Waals surface area contributed by atoms with Crippen LogP contribution in [0.1, 0.15) is 33.6 Å². The Bertz CT molecular complexity index is 118. The summed E-state index contributed by atoms with van der Waals surface area (Å²) < 4.78 is 0. The molecule has 0 radical (unpaired) electrons. The Morgan fingerprint density at radius 1 is 1.55 bits per heavy atom. The van der Waals surface area contributed by atoms with E-state index in [0.29, 0.717) is 5.41 Å². The lowest BCUT2D eigenvalue weighted by Crippen LogP contribution is -2.24. The fourth-order valence-electron chi connectivity index (χ4n) is 0.942. The zero-order valence-corrected chi connectivity index (χ0v) is 9.45. The van der Waals surface area contributed by atoms with Gasteiger partial charge in [0.05, 0.1) is 0 Å². The van der Waals surface area contributed by atoms with E-state index in [2.05, 4.69) is 43.3 Å². The van der Waals surface area contributed by atoms with Crippen LogP contribution in [0.15, 0.2) is 12.7 Å². The fraction of sp³-hybridized carbons (Fsp3) is 0.800. The van der Waals surface area contributed by atoms with Crippen LogP contribution >= 0.6 is 15.9 Å². The summed E-state index contributed by atoms with van der Waals surface area (Å²) in [6.45, 7) is 10.6. The van der Waals surface area contributed by atoms with Gasteiger partial charge in [-0.15, -0.1) is 6.58 Å². The molecule has 0 rings (SSSR count). The van der Waals surface area contributed by atoms with E-state index < -0.39 is 0 Å². The van der Waals surface area contributed by atoms with Gasteiger partial charge in [0.25, 0.3) is 0 Å². The second kappa shape index (κ2) is 4.97. The number of halogens is 1. The monoisotopic (exact) mass is 218 g/mol. The first-order chi connectivity index (χ1) is 5.06. The molecule has 1 unspecified atom stereocenters. The first-order valence-electron chi connectivity index (χ1n) is 4.23. The predicted octanol–water partition coefficient (Wildman–Crippen LogP) is 4.01. The van der Waals surface area contributed by atoms with Gasteiger partial charge < -0.3 is 0 Å². The van der Waals surface area contributed by atoms with Crippen LogP contribution in [0.2, 0.25) is 0 Å². The summed E-state index contributed by atoms with van der Waals surface area (Å²) in [5.74, 6) is 0.738. The summed E-state index contributed by atoms with van der Waals surface area (Å²) >= 11 is 3.57. The third-order valence-corrected chi connectivity index (χ3v) is 3.90. The second-order valence-electron chi connectivity index (χ2n) is 3.77. The molecule has 0 aromatic rings. The van der Waals surface area contributed by atoms with Crippen LogP contribution in [-0.4, -0.2) is 5.33 Å². The molecule has 0 bridgehead atoms. The van der Waals surface area contributed by atoms with Crippen molar-refractivity contribution >= 4 is 15.9 Å². The highest BCUT2D eigenvalue weighted by Gasteiger charge is 2.25. The Balaban J connectivity index is 3.98. The van der Waals surface area contributed by atoms with Crippen LogP contribution in [0.4, 0.5) is 0 Å². The third-order valence-electron chi connectivity index (χ3n) is 2.62. The second-order valence-corrected chi connectivity index (χ2v) is 4.33. The third kappa shape index (κ3) is 3.42. The van der Waals surface area contributed by atoms with Crippen LogP contribution < -0.4 is 0 Å². The van der Waals surface area contributed by atoms with Gasteiger partial charge in [0.1, 0.15) is 0 Å². The Morgan fingerprint density at radius 3 is 2.36 bits per heavy atom. The number of alkyl halides is 1. The molecule has 0 saturated heterocycles. The van der Waals surface area contributed by atoms with Crippen molar-refractivity contribution in [3.8, 4) is 0 Å². The normalized spacial score (nSPS) is 16.5. The Hall–Kier alpha value is 0.220.